The monoisotopic (exact) mass is 151 g/mol. The van der Waals surface area contributed by atoms with Crippen LogP contribution in [0.3, 0.4) is 0 Å². The smallest absolute Gasteiger partial charge is 0.122 e. The van der Waals surface area contributed by atoms with E-state index in [2.05, 4.69) is 11.9 Å². The number of rotatable bonds is 3. The number of hydrogen-bond donors (Lipinski definition) is 0. The number of aromatic nitrogens is 1. The summed E-state index contributed by atoms with van der Waals surface area (Å²) in [5.41, 5.74) is 0.999. The molecule has 11 heavy (non-hydrogen) atoms. The molecule has 0 radical (unpaired) electrons. The maximum atomic E-state index is 5.40. The zero-order valence-electron chi connectivity index (χ0n) is 7.00. The van der Waals surface area contributed by atoms with Crippen molar-refractivity contribution >= 4 is 0 Å². The highest BCUT2D eigenvalue weighted by Gasteiger charge is 1.91. The lowest BCUT2D eigenvalue weighted by molar-refractivity contribution is 0.317. The summed E-state index contributed by atoms with van der Waals surface area (Å²) in [6.07, 6.45) is 2.81. The van der Waals surface area contributed by atoms with Gasteiger partial charge in [-0.2, -0.15) is 0 Å². The third-order valence-electron chi connectivity index (χ3n) is 1.34. The first-order chi connectivity index (χ1) is 5.33. The summed E-state index contributed by atoms with van der Waals surface area (Å²) in [7, 11) is 0. The molecule has 0 saturated heterocycles. The van der Waals surface area contributed by atoms with Gasteiger partial charge in [-0.25, -0.2) is 0 Å². The van der Waals surface area contributed by atoms with E-state index in [0.29, 0.717) is 0 Å². The first-order valence-electron chi connectivity index (χ1n) is 3.88. The van der Waals surface area contributed by atoms with Crippen LogP contribution in [-0.2, 0) is 0 Å². The molecular weight excluding hydrogens is 138 g/mol. The van der Waals surface area contributed by atoms with Crippen LogP contribution in [0.25, 0.3) is 0 Å². The minimum absolute atomic E-state index is 0.781. The Morgan fingerprint density at radius 1 is 1.55 bits per heavy atom. The molecule has 0 N–H and O–H groups in total. The molecule has 0 aliphatic rings. The van der Waals surface area contributed by atoms with Gasteiger partial charge in [0, 0.05) is 18.0 Å². The van der Waals surface area contributed by atoms with Crippen LogP contribution in [0, 0.1) is 6.92 Å². The van der Waals surface area contributed by atoms with Gasteiger partial charge in [0.15, 0.2) is 0 Å². The van der Waals surface area contributed by atoms with Crippen LogP contribution < -0.4 is 4.74 Å². The van der Waals surface area contributed by atoms with E-state index in [-0.39, 0.29) is 0 Å². The second-order valence-corrected chi connectivity index (χ2v) is 2.48. The molecule has 0 amide bonds. The van der Waals surface area contributed by atoms with Gasteiger partial charge in [0.2, 0.25) is 0 Å². The molecule has 0 spiro atoms. The second-order valence-electron chi connectivity index (χ2n) is 2.48. The van der Waals surface area contributed by atoms with Crippen molar-refractivity contribution in [3.05, 3.63) is 24.0 Å². The minimum Gasteiger partial charge on any atom is -0.493 e. The van der Waals surface area contributed by atoms with E-state index in [1.54, 1.807) is 6.20 Å². The van der Waals surface area contributed by atoms with E-state index in [4.69, 9.17) is 4.74 Å². The Labute approximate surface area is 67.2 Å². The van der Waals surface area contributed by atoms with Gasteiger partial charge in [0.25, 0.3) is 0 Å². The van der Waals surface area contributed by atoms with Crippen LogP contribution in [-0.4, -0.2) is 11.6 Å². The van der Waals surface area contributed by atoms with Crippen molar-refractivity contribution in [2.75, 3.05) is 6.61 Å². The molecule has 2 nitrogen and oxygen atoms in total. The van der Waals surface area contributed by atoms with Crippen molar-refractivity contribution in [1.29, 1.82) is 0 Å². The molecule has 0 bridgehead atoms. The first-order valence-corrected chi connectivity index (χ1v) is 3.88. The van der Waals surface area contributed by atoms with Crippen molar-refractivity contribution in [2.24, 2.45) is 0 Å². The third-order valence-corrected chi connectivity index (χ3v) is 1.34. The summed E-state index contributed by atoms with van der Waals surface area (Å²) >= 11 is 0. The van der Waals surface area contributed by atoms with Crippen LogP contribution >= 0.6 is 0 Å². The lowest BCUT2D eigenvalue weighted by Crippen LogP contribution is -1.95. The van der Waals surface area contributed by atoms with Crippen molar-refractivity contribution < 1.29 is 4.74 Å². The Morgan fingerprint density at radius 2 is 2.36 bits per heavy atom. The second kappa shape index (κ2) is 3.96. The molecule has 0 aromatic carbocycles. The van der Waals surface area contributed by atoms with Gasteiger partial charge >= 0.3 is 0 Å². The van der Waals surface area contributed by atoms with Gasteiger partial charge in [0.1, 0.15) is 5.75 Å². The standard InChI is InChI=1S/C9H13NO/c1-3-6-11-9-4-5-10-8(2)7-9/h4-5,7H,3,6H2,1-2H3. The Kier molecular flexibility index (Phi) is 2.90. The fourth-order valence-corrected chi connectivity index (χ4v) is 0.829. The maximum Gasteiger partial charge on any atom is 0.122 e. The third kappa shape index (κ3) is 2.58. The summed E-state index contributed by atoms with van der Waals surface area (Å²) in [5.74, 6) is 0.916. The Balaban J connectivity index is 2.56. The molecule has 0 aliphatic heterocycles. The average molecular weight is 151 g/mol. The minimum atomic E-state index is 0.781. The topological polar surface area (TPSA) is 22.1 Å². The van der Waals surface area contributed by atoms with Gasteiger partial charge < -0.3 is 4.74 Å². The fraction of sp³-hybridized carbons (Fsp3) is 0.444. The van der Waals surface area contributed by atoms with Crippen molar-refractivity contribution in [3.63, 3.8) is 0 Å². The highest BCUT2D eigenvalue weighted by Crippen LogP contribution is 2.09. The molecule has 0 saturated carbocycles. The number of pyridine rings is 1. The van der Waals surface area contributed by atoms with Crippen LogP contribution in [0.1, 0.15) is 19.0 Å². The maximum absolute atomic E-state index is 5.40. The van der Waals surface area contributed by atoms with Gasteiger partial charge in [-0.3, -0.25) is 4.98 Å². The molecule has 1 aromatic rings. The van der Waals surface area contributed by atoms with E-state index >= 15 is 0 Å². The van der Waals surface area contributed by atoms with Gasteiger partial charge in [-0.05, 0) is 19.4 Å². The molecule has 2 heteroatoms. The van der Waals surface area contributed by atoms with E-state index in [0.717, 1.165) is 24.5 Å². The quantitative estimate of drug-likeness (QED) is 0.660. The molecule has 1 rings (SSSR count). The lowest BCUT2D eigenvalue weighted by atomic mass is 10.3. The zero-order valence-corrected chi connectivity index (χ0v) is 7.00. The normalized spacial score (nSPS) is 9.64. The van der Waals surface area contributed by atoms with Crippen molar-refractivity contribution in [3.8, 4) is 5.75 Å². The highest BCUT2D eigenvalue weighted by molar-refractivity contribution is 5.21. The summed E-state index contributed by atoms with van der Waals surface area (Å²) < 4.78 is 5.40. The largest absolute Gasteiger partial charge is 0.493 e. The predicted molar refractivity (Wildman–Crippen MR) is 44.8 cm³/mol. The molecule has 1 aromatic heterocycles. The molecule has 0 atom stereocenters. The molecule has 0 unspecified atom stereocenters. The van der Waals surface area contributed by atoms with E-state index in [1.165, 1.54) is 0 Å². The zero-order chi connectivity index (χ0) is 8.10. The summed E-state index contributed by atoms with van der Waals surface area (Å²) in [4.78, 5) is 4.07. The summed E-state index contributed by atoms with van der Waals surface area (Å²) in [6, 6.07) is 3.82. The van der Waals surface area contributed by atoms with E-state index < -0.39 is 0 Å². The van der Waals surface area contributed by atoms with Crippen molar-refractivity contribution in [2.45, 2.75) is 20.3 Å². The molecular formula is C9H13NO. The molecule has 0 aliphatic carbocycles. The van der Waals surface area contributed by atoms with Gasteiger partial charge in [0.05, 0.1) is 6.61 Å². The molecule has 60 valence electrons. The van der Waals surface area contributed by atoms with Crippen LogP contribution in [0.2, 0.25) is 0 Å². The average Bonchev–Trinajstić information content (AvgIpc) is 2.01. The van der Waals surface area contributed by atoms with Crippen LogP contribution in [0.4, 0.5) is 0 Å². The van der Waals surface area contributed by atoms with Gasteiger partial charge in [-0.15, -0.1) is 0 Å². The number of hydrogen-bond acceptors (Lipinski definition) is 2. The Morgan fingerprint density at radius 3 is 3.00 bits per heavy atom. The lowest BCUT2D eigenvalue weighted by Gasteiger charge is -2.03. The SMILES string of the molecule is CCCOc1ccnc(C)c1. The highest BCUT2D eigenvalue weighted by atomic mass is 16.5. The number of ether oxygens (including phenoxy) is 1. The Hall–Kier alpha value is -1.05. The van der Waals surface area contributed by atoms with Crippen LogP contribution in [0.5, 0.6) is 5.75 Å². The summed E-state index contributed by atoms with van der Waals surface area (Å²) in [6.45, 7) is 4.83. The molecule has 1 heterocycles. The summed E-state index contributed by atoms with van der Waals surface area (Å²) in [5, 5.41) is 0. The van der Waals surface area contributed by atoms with Gasteiger partial charge in [-0.1, -0.05) is 6.92 Å². The first kappa shape index (κ1) is 8.05. The fourth-order valence-electron chi connectivity index (χ4n) is 0.829. The Bertz CT molecular complexity index is 223. The predicted octanol–water partition coefficient (Wildman–Crippen LogP) is 2.18. The number of aryl methyl sites for hydroxylation is 1. The molecule has 0 fully saturated rings. The van der Waals surface area contributed by atoms with E-state index in [1.807, 2.05) is 19.1 Å². The van der Waals surface area contributed by atoms with Crippen molar-refractivity contribution in [1.82, 2.24) is 4.98 Å². The number of nitrogens with zero attached hydrogens (tertiary/aromatic N) is 1. The van der Waals surface area contributed by atoms with Crippen LogP contribution in [0.15, 0.2) is 18.3 Å². The van der Waals surface area contributed by atoms with E-state index in [9.17, 15) is 0 Å².